The summed E-state index contributed by atoms with van der Waals surface area (Å²) in [5.74, 6) is 0.694. The van der Waals surface area contributed by atoms with Gasteiger partial charge in [-0.15, -0.1) is 0 Å². The average molecular weight is 428 g/mol. The number of nitro benzene ring substituents is 1. The van der Waals surface area contributed by atoms with Crippen molar-refractivity contribution in [2.45, 2.75) is 12.8 Å². The van der Waals surface area contributed by atoms with E-state index >= 15 is 0 Å². The average Bonchev–Trinajstić information content (AvgIpc) is 3.29. The molecule has 1 amide bonds. The zero-order valence-corrected chi connectivity index (χ0v) is 16.6. The highest BCUT2D eigenvalue weighted by Gasteiger charge is 2.28. The Kier molecular flexibility index (Phi) is 5.57. The summed E-state index contributed by atoms with van der Waals surface area (Å²) in [5, 5.41) is 18.4. The first-order chi connectivity index (χ1) is 14.5. The number of anilines is 2. The van der Waals surface area contributed by atoms with Crippen LogP contribution in [-0.4, -0.2) is 43.7 Å². The lowest BCUT2D eigenvalue weighted by Crippen LogP contribution is -2.41. The molecule has 10 nitrogen and oxygen atoms in total. The third-order valence-corrected chi connectivity index (χ3v) is 5.14. The molecule has 1 atom stereocenters. The maximum absolute atomic E-state index is 12.8. The van der Waals surface area contributed by atoms with Gasteiger partial charge in [0.25, 0.3) is 5.69 Å². The predicted octanol–water partition coefficient (Wildman–Crippen LogP) is 3.08. The number of carbonyl (C=O) groups excluding carboxylic acids is 1. The van der Waals surface area contributed by atoms with E-state index in [4.69, 9.17) is 11.6 Å². The minimum atomic E-state index is -0.545. The second-order valence-electron chi connectivity index (χ2n) is 6.88. The molecular weight excluding hydrogens is 410 g/mol. The highest BCUT2D eigenvalue weighted by Crippen LogP contribution is 2.29. The topological polar surface area (TPSA) is 119 Å². The first-order valence-electron chi connectivity index (χ1n) is 9.33. The molecule has 0 spiro atoms. The number of nitrogens with one attached hydrogen (secondary N) is 1. The Balaban J connectivity index is 1.50. The van der Waals surface area contributed by atoms with Gasteiger partial charge in [-0.3, -0.25) is 14.9 Å². The Morgan fingerprint density at radius 1 is 1.27 bits per heavy atom. The number of nitrogens with zero attached hydrogens (tertiary/aromatic N) is 6. The van der Waals surface area contributed by atoms with Crippen LogP contribution in [-0.2, 0) is 4.79 Å². The fourth-order valence-electron chi connectivity index (χ4n) is 3.44. The highest BCUT2D eigenvalue weighted by molar-refractivity contribution is 6.31. The molecule has 1 aromatic carbocycles. The number of hydrogen-bond acceptors (Lipinski definition) is 7. The van der Waals surface area contributed by atoms with Gasteiger partial charge in [-0.05, 0) is 31.0 Å². The van der Waals surface area contributed by atoms with Crippen molar-refractivity contribution < 1.29 is 9.72 Å². The van der Waals surface area contributed by atoms with Crippen molar-refractivity contribution in [2.75, 3.05) is 23.3 Å². The van der Waals surface area contributed by atoms with Gasteiger partial charge in [-0.25, -0.2) is 14.6 Å². The summed E-state index contributed by atoms with van der Waals surface area (Å²) in [6, 6.07) is 7.71. The fraction of sp³-hybridized carbons (Fsp3) is 0.263. The summed E-state index contributed by atoms with van der Waals surface area (Å²) in [6.45, 7) is 1.19. The number of carbonyl (C=O) groups is 1. The number of rotatable bonds is 5. The molecule has 3 heterocycles. The van der Waals surface area contributed by atoms with E-state index in [9.17, 15) is 14.9 Å². The lowest BCUT2D eigenvalue weighted by Gasteiger charge is -2.32. The van der Waals surface area contributed by atoms with Crippen molar-refractivity contribution in [3.63, 3.8) is 0 Å². The Bertz CT molecular complexity index is 1070. The molecule has 154 valence electrons. The molecular formula is C19H18ClN7O3. The van der Waals surface area contributed by atoms with Crippen LogP contribution in [0.1, 0.15) is 12.8 Å². The first-order valence-corrected chi connectivity index (χ1v) is 9.71. The molecule has 1 aliphatic heterocycles. The number of benzene rings is 1. The SMILES string of the molecule is O=C(Nc1cc(Cl)ccc1[N+](=O)[O-])C1CCCN(c2cc(-n3cccn3)ncn2)C1. The van der Waals surface area contributed by atoms with Crippen molar-refractivity contribution in [3.05, 3.63) is 64.2 Å². The molecule has 0 radical (unpaired) electrons. The Morgan fingerprint density at radius 3 is 2.87 bits per heavy atom. The maximum Gasteiger partial charge on any atom is 0.292 e. The number of halogens is 1. The molecule has 3 aromatic rings. The van der Waals surface area contributed by atoms with Crippen molar-refractivity contribution in [2.24, 2.45) is 5.92 Å². The molecule has 1 fully saturated rings. The highest BCUT2D eigenvalue weighted by atomic mass is 35.5. The van der Waals surface area contributed by atoms with Crippen LogP contribution in [0.4, 0.5) is 17.2 Å². The van der Waals surface area contributed by atoms with Gasteiger partial charge in [-0.1, -0.05) is 11.6 Å². The molecule has 0 bridgehead atoms. The maximum atomic E-state index is 12.8. The summed E-state index contributed by atoms with van der Waals surface area (Å²) >= 11 is 5.95. The number of hydrogen-bond donors (Lipinski definition) is 1. The minimum absolute atomic E-state index is 0.0950. The molecule has 11 heteroatoms. The molecule has 1 unspecified atom stereocenters. The third kappa shape index (κ3) is 4.23. The molecule has 2 aromatic heterocycles. The largest absolute Gasteiger partial charge is 0.356 e. The number of piperidine rings is 1. The molecule has 0 aliphatic carbocycles. The summed E-state index contributed by atoms with van der Waals surface area (Å²) in [6.07, 6.45) is 6.38. The smallest absolute Gasteiger partial charge is 0.292 e. The van der Waals surface area contributed by atoms with E-state index in [-0.39, 0.29) is 23.2 Å². The molecule has 30 heavy (non-hydrogen) atoms. The van der Waals surface area contributed by atoms with Crippen molar-refractivity contribution in [1.29, 1.82) is 0 Å². The number of nitro groups is 1. The van der Waals surface area contributed by atoms with E-state index in [1.165, 1.54) is 24.5 Å². The summed E-state index contributed by atoms with van der Waals surface area (Å²) < 4.78 is 1.64. The van der Waals surface area contributed by atoms with E-state index in [0.29, 0.717) is 29.6 Å². The second kappa shape index (κ2) is 8.46. The van der Waals surface area contributed by atoms with Gasteiger partial charge < -0.3 is 10.2 Å². The van der Waals surface area contributed by atoms with Gasteiger partial charge in [0.05, 0.1) is 10.8 Å². The molecule has 4 rings (SSSR count). The molecule has 1 N–H and O–H groups in total. The number of aromatic nitrogens is 4. The first kappa shape index (κ1) is 19.8. The van der Waals surface area contributed by atoms with Crippen LogP contribution in [0.2, 0.25) is 5.02 Å². The summed E-state index contributed by atoms with van der Waals surface area (Å²) in [7, 11) is 0. The van der Waals surface area contributed by atoms with Crippen LogP contribution in [0, 0.1) is 16.0 Å². The lowest BCUT2D eigenvalue weighted by molar-refractivity contribution is -0.383. The molecule has 1 saturated heterocycles. The minimum Gasteiger partial charge on any atom is -0.356 e. The van der Waals surface area contributed by atoms with Crippen molar-refractivity contribution >= 4 is 34.7 Å². The standard InChI is InChI=1S/C19H18ClN7O3/c20-14-4-5-16(27(29)30)15(9-14)24-19(28)13-3-1-7-25(11-13)17-10-18(22-12-21-17)26-8-2-6-23-26/h2,4-6,8-10,12-13H,1,3,7,11H2,(H,24,28). The van der Waals surface area contributed by atoms with Crippen LogP contribution >= 0.6 is 11.6 Å². The Morgan fingerprint density at radius 2 is 2.10 bits per heavy atom. The zero-order chi connectivity index (χ0) is 21.1. The van der Waals surface area contributed by atoms with E-state index in [2.05, 4.69) is 20.4 Å². The van der Waals surface area contributed by atoms with Crippen LogP contribution in [0.3, 0.4) is 0 Å². The van der Waals surface area contributed by atoms with Crippen LogP contribution in [0.25, 0.3) is 5.82 Å². The fourth-order valence-corrected chi connectivity index (χ4v) is 3.61. The van der Waals surface area contributed by atoms with Crippen molar-refractivity contribution in [3.8, 4) is 5.82 Å². The second-order valence-corrected chi connectivity index (χ2v) is 7.31. The van der Waals surface area contributed by atoms with Gasteiger partial charge in [0, 0.05) is 42.6 Å². The van der Waals surface area contributed by atoms with E-state index in [1.54, 1.807) is 23.1 Å². The predicted molar refractivity (Wildman–Crippen MR) is 111 cm³/mol. The monoisotopic (exact) mass is 427 g/mol. The van der Waals surface area contributed by atoms with Gasteiger partial charge in [0.1, 0.15) is 17.8 Å². The van der Waals surface area contributed by atoms with Crippen LogP contribution in [0.15, 0.2) is 49.1 Å². The molecule has 0 saturated carbocycles. The van der Waals surface area contributed by atoms with Gasteiger partial charge in [0.2, 0.25) is 5.91 Å². The van der Waals surface area contributed by atoms with Crippen LogP contribution < -0.4 is 10.2 Å². The zero-order valence-electron chi connectivity index (χ0n) is 15.8. The van der Waals surface area contributed by atoms with Crippen LogP contribution in [0.5, 0.6) is 0 Å². The van der Waals surface area contributed by atoms with E-state index < -0.39 is 4.92 Å². The number of amides is 1. The third-order valence-electron chi connectivity index (χ3n) is 4.91. The van der Waals surface area contributed by atoms with E-state index in [1.807, 2.05) is 11.0 Å². The Labute approximate surface area is 176 Å². The summed E-state index contributed by atoms with van der Waals surface area (Å²) in [4.78, 5) is 34.1. The Hall–Kier alpha value is -3.53. The molecule has 1 aliphatic rings. The summed E-state index contributed by atoms with van der Waals surface area (Å²) in [5.41, 5.74) is -0.0993. The van der Waals surface area contributed by atoms with Gasteiger partial charge in [0.15, 0.2) is 5.82 Å². The quantitative estimate of drug-likeness (QED) is 0.490. The van der Waals surface area contributed by atoms with Gasteiger partial charge in [-0.2, -0.15) is 5.10 Å². The van der Waals surface area contributed by atoms with Crippen molar-refractivity contribution in [1.82, 2.24) is 19.7 Å². The lowest BCUT2D eigenvalue weighted by atomic mass is 9.97. The van der Waals surface area contributed by atoms with Gasteiger partial charge >= 0.3 is 0 Å². The normalized spacial score (nSPS) is 16.3. The van der Waals surface area contributed by atoms with E-state index in [0.717, 1.165) is 13.0 Å².